The quantitative estimate of drug-likeness (QED) is 0.456. The van der Waals surface area contributed by atoms with Crippen molar-refractivity contribution in [2.45, 2.75) is 13.5 Å². The van der Waals surface area contributed by atoms with E-state index in [1.807, 2.05) is 6.92 Å². The summed E-state index contributed by atoms with van der Waals surface area (Å²) >= 11 is 0. The lowest BCUT2D eigenvalue weighted by atomic mass is 10.2. The molecule has 1 aromatic heterocycles. The Morgan fingerprint density at radius 3 is 2.23 bits per heavy atom. The van der Waals surface area contributed by atoms with Gasteiger partial charge in [-0.05, 0) is 37.3 Å². The van der Waals surface area contributed by atoms with Crippen LogP contribution in [0.25, 0.3) is 16.6 Å². The first-order valence-corrected chi connectivity index (χ1v) is 10.5. The number of aryl methyl sites for hydroxylation is 1. The molecule has 0 saturated heterocycles. The van der Waals surface area contributed by atoms with Gasteiger partial charge in [0.25, 0.3) is 5.56 Å². The minimum atomic E-state index is -0.966. The molecule has 0 unspecified atom stereocenters. The molecule has 8 nitrogen and oxygen atoms in total. The highest BCUT2D eigenvalue weighted by molar-refractivity contribution is 5.92. The Hall–Kier alpha value is -4.47. The van der Waals surface area contributed by atoms with Crippen molar-refractivity contribution in [3.05, 3.63) is 92.6 Å². The fourth-order valence-electron chi connectivity index (χ4n) is 3.69. The van der Waals surface area contributed by atoms with Crippen molar-refractivity contribution < 1.29 is 23.0 Å². The van der Waals surface area contributed by atoms with Crippen molar-refractivity contribution in [3.8, 4) is 17.2 Å². The van der Waals surface area contributed by atoms with Gasteiger partial charge in [-0.1, -0.05) is 17.7 Å². The zero-order valence-electron chi connectivity index (χ0n) is 19.1. The zero-order chi connectivity index (χ0) is 25.3. The molecule has 0 aliphatic carbocycles. The molecule has 10 heteroatoms. The summed E-state index contributed by atoms with van der Waals surface area (Å²) in [5.41, 5.74) is -0.295. The van der Waals surface area contributed by atoms with E-state index in [0.717, 1.165) is 26.8 Å². The topological polar surface area (TPSA) is 91.6 Å². The van der Waals surface area contributed by atoms with Crippen LogP contribution in [-0.4, -0.2) is 29.3 Å². The third kappa shape index (κ3) is 4.50. The number of methoxy groups -OCH3 is 2. The molecule has 0 radical (unpaired) electrons. The summed E-state index contributed by atoms with van der Waals surface area (Å²) < 4.78 is 39.9. The number of carbonyl (C=O) groups excluding carboxylic acids is 1. The van der Waals surface area contributed by atoms with Crippen molar-refractivity contribution in [1.29, 1.82) is 0 Å². The highest BCUT2D eigenvalue weighted by Gasteiger charge is 2.20. The van der Waals surface area contributed by atoms with E-state index >= 15 is 0 Å². The number of hydrogen-bond acceptors (Lipinski definition) is 5. The number of carbonyl (C=O) groups is 1. The van der Waals surface area contributed by atoms with E-state index in [9.17, 15) is 23.2 Å². The molecule has 180 valence electrons. The number of aromatic nitrogens is 2. The van der Waals surface area contributed by atoms with Gasteiger partial charge >= 0.3 is 5.69 Å². The molecule has 3 aromatic carbocycles. The molecule has 0 fully saturated rings. The van der Waals surface area contributed by atoms with Gasteiger partial charge in [-0.15, -0.1) is 0 Å². The van der Waals surface area contributed by atoms with E-state index in [0.29, 0.717) is 11.8 Å². The van der Waals surface area contributed by atoms with Gasteiger partial charge in [0.15, 0.2) is 11.5 Å². The predicted molar refractivity (Wildman–Crippen MR) is 127 cm³/mol. The van der Waals surface area contributed by atoms with Crippen LogP contribution in [0, 0.1) is 18.6 Å². The Labute approximate surface area is 198 Å². The molecule has 0 aliphatic rings. The van der Waals surface area contributed by atoms with Crippen molar-refractivity contribution >= 4 is 22.5 Å². The summed E-state index contributed by atoms with van der Waals surface area (Å²) in [7, 11) is 2.80. The van der Waals surface area contributed by atoms with Crippen LogP contribution in [0.4, 0.5) is 14.5 Å². The number of fused-ring (bicyclic) bond motifs is 1. The third-order valence-corrected chi connectivity index (χ3v) is 5.45. The van der Waals surface area contributed by atoms with Crippen LogP contribution >= 0.6 is 0 Å². The molecule has 4 aromatic rings. The monoisotopic (exact) mass is 481 g/mol. The van der Waals surface area contributed by atoms with E-state index in [1.165, 1.54) is 26.4 Å². The summed E-state index contributed by atoms with van der Waals surface area (Å²) in [5, 5.41) is 2.43. The largest absolute Gasteiger partial charge is 0.493 e. The van der Waals surface area contributed by atoms with E-state index in [2.05, 4.69) is 5.32 Å². The first-order valence-electron chi connectivity index (χ1n) is 10.5. The lowest BCUT2D eigenvalue weighted by Crippen LogP contribution is -2.40. The number of nitrogens with one attached hydrogen (secondary N) is 1. The Morgan fingerprint density at radius 2 is 1.60 bits per heavy atom. The number of nitrogens with zero attached hydrogens (tertiary/aromatic N) is 2. The van der Waals surface area contributed by atoms with Gasteiger partial charge in [0.1, 0.15) is 18.2 Å². The number of amides is 1. The summed E-state index contributed by atoms with van der Waals surface area (Å²) in [4.78, 5) is 39.7. The van der Waals surface area contributed by atoms with Gasteiger partial charge in [0, 0.05) is 12.1 Å². The minimum Gasteiger partial charge on any atom is -0.493 e. The maximum Gasteiger partial charge on any atom is 0.336 e. The summed E-state index contributed by atoms with van der Waals surface area (Å²) in [5.74, 6) is -2.02. The van der Waals surface area contributed by atoms with Gasteiger partial charge in [0.2, 0.25) is 5.91 Å². The van der Waals surface area contributed by atoms with Crippen LogP contribution in [-0.2, 0) is 11.3 Å². The van der Waals surface area contributed by atoms with Crippen molar-refractivity contribution in [2.75, 3.05) is 19.5 Å². The van der Waals surface area contributed by atoms with Crippen LogP contribution in [0.5, 0.6) is 11.5 Å². The average molecular weight is 481 g/mol. The Morgan fingerprint density at radius 1 is 0.943 bits per heavy atom. The molecule has 0 bridgehead atoms. The summed E-state index contributed by atoms with van der Waals surface area (Å²) in [6, 6.07) is 12.3. The molecular weight excluding hydrogens is 460 g/mol. The maximum atomic E-state index is 14.0. The highest BCUT2D eigenvalue weighted by atomic mass is 19.1. The Kier molecular flexibility index (Phi) is 6.37. The normalized spacial score (nSPS) is 10.9. The van der Waals surface area contributed by atoms with Gasteiger partial charge in [-0.2, -0.15) is 0 Å². The molecule has 0 atom stereocenters. The number of halogens is 2. The van der Waals surface area contributed by atoms with Crippen LogP contribution in [0.3, 0.4) is 0 Å². The highest BCUT2D eigenvalue weighted by Crippen LogP contribution is 2.30. The predicted octanol–water partition coefficient (Wildman–Crippen LogP) is 3.39. The molecule has 0 aliphatic heterocycles. The zero-order valence-corrected chi connectivity index (χ0v) is 19.1. The van der Waals surface area contributed by atoms with E-state index in [-0.39, 0.29) is 28.1 Å². The van der Waals surface area contributed by atoms with Crippen molar-refractivity contribution in [3.63, 3.8) is 0 Å². The molecule has 4 rings (SSSR count). The second-order valence-corrected chi connectivity index (χ2v) is 7.74. The van der Waals surface area contributed by atoms with Gasteiger partial charge < -0.3 is 14.8 Å². The number of benzene rings is 3. The first kappa shape index (κ1) is 23.7. The van der Waals surface area contributed by atoms with Gasteiger partial charge in [-0.25, -0.2) is 18.1 Å². The van der Waals surface area contributed by atoms with Crippen LogP contribution in [0.1, 0.15) is 5.56 Å². The second-order valence-electron chi connectivity index (χ2n) is 7.74. The standard InChI is InChI=1S/C25H21F2N3O5/c1-14-4-7-16(8-5-14)30-24(32)17-11-21(34-2)22(35-3)12-20(17)29(25(30)33)13-23(31)28-19-9-6-15(26)10-18(19)27/h4-12H,13H2,1-3H3,(H,28,31). The van der Waals surface area contributed by atoms with Crippen LogP contribution < -0.4 is 26.0 Å². The van der Waals surface area contributed by atoms with Gasteiger partial charge in [0.05, 0.1) is 36.5 Å². The first-order chi connectivity index (χ1) is 16.7. The molecular formula is C25H21F2N3O5. The van der Waals surface area contributed by atoms with E-state index in [1.54, 1.807) is 24.3 Å². The molecule has 0 spiro atoms. The summed E-state index contributed by atoms with van der Waals surface area (Å²) in [6.07, 6.45) is 0. The minimum absolute atomic E-state index is 0.101. The number of anilines is 1. The fourth-order valence-corrected chi connectivity index (χ4v) is 3.69. The molecule has 1 N–H and O–H groups in total. The smallest absolute Gasteiger partial charge is 0.336 e. The van der Waals surface area contributed by atoms with Crippen LogP contribution in [0.2, 0.25) is 0 Å². The molecule has 1 amide bonds. The Bertz CT molecular complexity index is 1560. The fraction of sp³-hybridized carbons (Fsp3) is 0.160. The molecule has 1 heterocycles. The second kappa shape index (κ2) is 9.41. The maximum absolute atomic E-state index is 14.0. The van der Waals surface area contributed by atoms with Crippen LogP contribution in [0.15, 0.2) is 64.2 Å². The number of rotatable bonds is 6. The lowest BCUT2D eigenvalue weighted by molar-refractivity contribution is -0.116. The van der Waals surface area contributed by atoms with E-state index in [4.69, 9.17) is 9.47 Å². The Balaban J connectivity index is 1.91. The number of hydrogen-bond donors (Lipinski definition) is 1. The summed E-state index contributed by atoms with van der Waals surface area (Å²) in [6.45, 7) is 1.30. The number of ether oxygens (including phenoxy) is 2. The average Bonchev–Trinajstić information content (AvgIpc) is 2.84. The van der Waals surface area contributed by atoms with E-state index < -0.39 is 35.3 Å². The lowest BCUT2D eigenvalue weighted by Gasteiger charge is -2.16. The third-order valence-electron chi connectivity index (χ3n) is 5.45. The molecule has 35 heavy (non-hydrogen) atoms. The van der Waals surface area contributed by atoms with Crippen molar-refractivity contribution in [1.82, 2.24) is 9.13 Å². The van der Waals surface area contributed by atoms with Gasteiger partial charge in [-0.3, -0.25) is 14.2 Å². The SMILES string of the molecule is COc1cc2c(=O)n(-c3ccc(C)cc3)c(=O)n(CC(=O)Nc3ccc(F)cc3F)c2cc1OC. The molecule has 0 saturated carbocycles. The van der Waals surface area contributed by atoms with Crippen molar-refractivity contribution in [2.24, 2.45) is 0 Å².